The van der Waals surface area contributed by atoms with Gasteiger partial charge in [0.2, 0.25) is 10.0 Å². The van der Waals surface area contributed by atoms with Crippen LogP contribution in [0.2, 0.25) is 0 Å². The Bertz CT molecular complexity index is 1070. The molecule has 3 rings (SSSR count). The maximum atomic E-state index is 12.1. The molecule has 0 atom stereocenters. The van der Waals surface area contributed by atoms with Gasteiger partial charge in [-0.25, -0.2) is 23.1 Å². The van der Waals surface area contributed by atoms with Gasteiger partial charge in [0.15, 0.2) is 0 Å². The quantitative estimate of drug-likeness (QED) is 0.342. The Morgan fingerprint density at radius 3 is 2.29 bits per heavy atom. The van der Waals surface area contributed by atoms with Crippen LogP contribution >= 0.6 is 11.8 Å². The molecule has 0 unspecified atom stereocenters. The van der Waals surface area contributed by atoms with Crippen LogP contribution in [0.15, 0.2) is 64.6 Å². The fourth-order valence-electron chi connectivity index (χ4n) is 2.42. The molecule has 5 N–H and O–H groups in total. The normalized spacial score (nSPS) is 11.2. The number of anilines is 5. The number of nitrogens with zero attached hydrogens (tertiary/aromatic N) is 2. The standard InChI is InChI=1S/C18H20N6O2S2/c1-20-28(25,26)14-7-8-16(27-2)15(9-14)24-18-10-17(21-11-22-18)23-13-5-3-12(19)4-6-13/h3-11,20H,19H2,1-2H3,(H2,21,22,23,24). The lowest BCUT2D eigenvalue weighted by molar-refractivity contribution is 0.588. The van der Waals surface area contributed by atoms with Gasteiger partial charge in [0, 0.05) is 22.3 Å². The molecule has 10 heteroatoms. The number of aromatic nitrogens is 2. The van der Waals surface area contributed by atoms with E-state index in [0.717, 1.165) is 10.6 Å². The zero-order valence-electron chi connectivity index (χ0n) is 15.3. The first kappa shape index (κ1) is 19.9. The maximum Gasteiger partial charge on any atom is 0.240 e. The van der Waals surface area contributed by atoms with E-state index >= 15 is 0 Å². The molecule has 0 radical (unpaired) electrons. The number of benzene rings is 2. The van der Waals surface area contributed by atoms with E-state index in [2.05, 4.69) is 25.3 Å². The predicted octanol–water partition coefficient (Wildman–Crippen LogP) is 3.18. The van der Waals surface area contributed by atoms with Crippen molar-refractivity contribution in [2.45, 2.75) is 9.79 Å². The zero-order chi connectivity index (χ0) is 20.1. The minimum atomic E-state index is -3.54. The van der Waals surface area contributed by atoms with Crippen molar-refractivity contribution in [1.82, 2.24) is 14.7 Å². The molecule has 2 aromatic carbocycles. The molecule has 0 aliphatic carbocycles. The van der Waals surface area contributed by atoms with E-state index in [-0.39, 0.29) is 4.90 Å². The molecule has 0 amide bonds. The average Bonchev–Trinajstić information content (AvgIpc) is 2.70. The van der Waals surface area contributed by atoms with Crippen molar-refractivity contribution in [3.8, 4) is 0 Å². The Labute approximate surface area is 168 Å². The molecule has 0 saturated heterocycles. The summed E-state index contributed by atoms with van der Waals surface area (Å²) in [6.45, 7) is 0. The van der Waals surface area contributed by atoms with Crippen molar-refractivity contribution in [1.29, 1.82) is 0 Å². The monoisotopic (exact) mass is 416 g/mol. The summed E-state index contributed by atoms with van der Waals surface area (Å²) in [4.78, 5) is 9.49. The average molecular weight is 417 g/mol. The Morgan fingerprint density at radius 1 is 0.964 bits per heavy atom. The van der Waals surface area contributed by atoms with Gasteiger partial charge in [-0.1, -0.05) is 0 Å². The van der Waals surface area contributed by atoms with E-state index in [9.17, 15) is 8.42 Å². The maximum absolute atomic E-state index is 12.1. The molecule has 1 heterocycles. The van der Waals surface area contributed by atoms with E-state index < -0.39 is 10.0 Å². The van der Waals surface area contributed by atoms with Crippen LogP contribution in [0, 0.1) is 0 Å². The topological polar surface area (TPSA) is 122 Å². The highest BCUT2D eigenvalue weighted by atomic mass is 32.2. The van der Waals surface area contributed by atoms with Crippen LogP contribution < -0.4 is 21.1 Å². The zero-order valence-corrected chi connectivity index (χ0v) is 16.9. The van der Waals surface area contributed by atoms with Crippen LogP contribution in [-0.4, -0.2) is 31.7 Å². The molecule has 0 aliphatic rings. The second-order valence-electron chi connectivity index (χ2n) is 5.73. The van der Waals surface area contributed by atoms with Gasteiger partial charge in [0.1, 0.15) is 18.0 Å². The van der Waals surface area contributed by atoms with Crippen LogP contribution in [-0.2, 0) is 10.0 Å². The van der Waals surface area contributed by atoms with Crippen LogP contribution in [0.4, 0.5) is 28.7 Å². The number of nitrogens with one attached hydrogen (secondary N) is 3. The van der Waals surface area contributed by atoms with Gasteiger partial charge < -0.3 is 16.4 Å². The van der Waals surface area contributed by atoms with Gasteiger partial charge in [0.25, 0.3) is 0 Å². The van der Waals surface area contributed by atoms with Gasteiger partial charge in [-0.15, -0.1) is 11.8 Å². The Balaban J connectivity index is 1.87. The highest BCUT2D eigenvalue weighted by Crippen LogP contribution is 2.30. The largest absolute Gasteiger partial charge is 0.399 e. The van der Waals surface area contributed by atoms with Crippen molar-refractivity contribution in [3.63, 3.8) is 0 Å². The summed E-state index contributed by atoms with van der Waals surface area (Å²) in [5.74, 6) is 1.12. The number of nitrogens with two attached hydrogens (primary N) is 1. The first-order valence-corrected chi connectivity index (χ1v) is 11.0. The molecule has 28 heavy (non-hydrogen) atoms. The van der Waals surface area contributed by atoms with E-state index in [0.29, 0.717) is 23.0 Å². The third-order valence-electron chi connectivity index (χ3n) is 3.86. The lowest BCUT2D eigenvalue weighted by Gasteiger charge is -2.13. The fraction of sp³-hybridized carbons (Fsp3) is 0.111. The number of nitrogen functional groups attached to an aromatic ring is 1. The molecule has 0 saturated carbocycles. The number of thioether (sulfide) groups is 1. The summed E-state index contributed by atoms with van der Waals surface area (Å²) in [5.41, 5.74) is 7.85. The van der Waals surface area contributed by atoms with Crippen molar-refractivity contribution in [2.75, 3.05) is 29.7 Å². The summed E-state index contributed by atoms with van der Waals surface area (Å²) in [5, 5.41) is 6.34. The molecule has 0 spiro atoms. The summed E-state index contributed by atoms with van der Waals surface area (Å²) >= 11 is 1.50. The van der Waals surface area contributed by atoms with Crippen LogP contribution in [0.1, 0.15) is 0 Å². The second kappa shape index (κ2) is 8.46. The van der Waals surface area contributed by atoms with Crippen LogP contribution in [0.3, 0.4) is 0 Å². The molecule has 1 aromatic heterocycles. The number of hydrogen-bond acceptors (Lipinski definition) is 8. The molecule has 8 nitrogen and oxygen atoms in total. The van der Waals surface area contributed by atoms with Crippen molar-refractivity contribution in [3.05, 3.63) is 54.9 Å². The lowest BCUT2D eigenvalue weighted by atomic mass is 10.3. The minimum absolute atomic E-state index is 0.171. The van der Waals surface area contributed by atoms with Gasteiger partial charge in [-0.2, -0.15) is 0 Å². The second-order valence-corrected chi connectivity index (χ2v) is 8.46. The predicted molar refractivity (Wildman–Crippen MR) is 114 cm³/mol. The van der Waals surface area contributed by atoms with Crippen LogP contribution in [0.5, 0.6) is 0 Å². The fourth-order valence-corrected chi connectivity index (χ4v) is 3.71. The van der Waals surface area contributed by atoms with Crippen molar-refractivity contribution >= 4 is 50.5 Å². The lowest BCUT2D eigenvalue weighted by Crippen LogP contribution is -2.18. The molecular weight excluding hydrogens is 396 g/mol. The highest BCUT2D eigenvalue weighted by molar-refractivity contribution is 7.98. The summed E-state index contributed by atoms with van der Waals surface area (Å²) in [6, 6.07) is 13.9. The molecule has 3 aromatic rings. The van der Waals surface area contributed by atoms with Gasteiger partial charge in [0.05, 0.1) is 10.6 Å². The minimum Gasteiger partial charge on any atom is -0.399 e. The highest BCUT2D eigenvalue weighted by Gasteiger charge is 2.14. The van der Waals surface area contributed by atoms with Gasteiger partial charge in [-0.05, 0) is 55.8 Å². The van der Waals surface area contributed by atoms with Crippen molar-refractivity contribution < 1.29 is 8.42 Å². The van der Waals surface area contributed by atoms with Crippen molar-refractivity contribution in [2.24, 2.45) is 0 Å². The number of rotatable bonds is 7. The smallest absolute Gasteiger partial charge is 0.240 e. The molecule has 146 valence electrons. The molecular formula is C18H20N6O2S2. The Morgan fingerprint density at radius 2 is 1.64 bits per heavy atom. The number of sulfonamides is 1. The van der Waals surface area contributed by atoms with E-state index in [4.69, 9.17) is 5.73 Å². The van der Waals surface area contributed by atoms with E-state index in [1.165, 1.54) is 25.1 Å². The molecule has 0 aliphatic heterocycles. The number of hydrogen-bond donors (Lipinski definition) is 4. The summed E-state index contributed by atoms with van der Waals surface area (Å²) in [7, 11) is -2.17. The Hall–Kier alpha value is -2.82. The molecule has 0 fully saturated rings. The third-order valence-corrected chi connectivity index (χ3v) is 6.07. The first-order valence-electron chi connectivity index (χ1n) is 8.24. The summed E-state index contributed by atoms with van der Waals surface area (Å²) in [6.07, 6.45) is 3.34. The Kier molecular flexibility index (Phi) is 6.02. The summed E-state index contributed by atoms with van der Waals surface area (Å²) < 4.78 is 26.5. The van der Waals surface area contributed by atoms with E-state index in [1.807, 2.05) is 18.4 Å². The SMILES string of the molecule is CNS(=O)(=O)c1ccc(SC)c(Nc2cc(Nc3ccc(N)cc3)ncn2)c1. The molecule has 0 bridgehead atoms. The van der Waals surface area contributed by atoms with Gasteiger partial charge in [-0.3, -0.25) is 0 Å². The van der Waals surface area contributed by atoms with Crippen LogP contribution in [0.25, 0.3) is 0 Å². The third kappa shape index (κ3) is 4.71. The van der Waals surface area contributed by atoms with Gasteiger partial charge >= 0.3 is 0 Å². The van der Waals surface area contributed by atoms with E-state index in [1.54, 1.807) is 36.4 Å². The first-order chi connectivity index (χ1) is 13.4.